The van der Waals surface area contributed by atoms with Gasteiger partial charge in [-0.15, -0.1) is 0 Å². The van der Waals surface area contributed by atoms with Crippen molar-refractivity contribution < 1.29 is 0 Å². The summed E-state index contributed by atoms with van der Waals surface area (Å²) in [5.74, 6) is 0. The van der Waals surface area contributed by atoms with Gasteiger partial charge in [0, 0.05) is 32.7 Å². The van der Waals surface area contributed by atoms with Crippen LogP contribution in [0.25, 0.3) is 0 Å². The molecule has 2 aromatic rings. The van der Waals surface area contributed by atoms with E-state index in [9.17, 15) is 0 Å². The second-order valence-corrected chi connectivity index (χ2v) is 6.82. The first-order chi connectivity index (χ1) is 11.6. The van der Waals surface area contributed by atoms with Gasteiger partial charge in [-0.2, -0.15) is 5.10 Å². The Morgan fingerprint density at radius 2 is 1.67 bits per heavy atom. The zero-order valence-corrected chi connectivity index (χ0v) is 15.0. The Bertz CT molecular complexity index is 713. The molecule has 0 atom stereocenters. The largest absolute Gasteiger partial charge is 0.295 e. The molecule has 0 spiro atoms. The van der Waals surface area contributed by atoms with Crippen molar-refractivity contribution in [3.05, 3.63) is 70.3 Å². The zero-order valence-electron chi connectivity index (χ0n) is 15.0. The summed E-state index contributed by atoms with van der Waals surface area (Å²) in [4.78, 5) is 2.52. The summed E-state index contributed by atoms with van der Waals surface area (Å²) in [7, 11) is 0. The topological polar surface area (TPSA) is 18.8 Å². The molecule has 3 heteroatoms. The van der Waals surface area contributed by atoms with Crippen molar-refractivity contribution in [1.82, 2.24) is 9.91 Å². The van der Waals surface area contributed by atoms with E-state index >= 15 is 0 Å². The van der Waals surface area contributed by atoms with E-state index in [2.05, 4.69) is 78.2 Å². The van der Waals surface area contributed by atoms with E-state index < -0.39 is 0 Å². The number of aryl methyl sites for hydroxylation is 3. The fourth-order valence-corrected chi connectivity index (χ4v) is 3.17. The van der Waals surface area contributed by atoms with E-state index in [0.29, 0.717) is 0 Å². The van der Waals surface area contributed by atoms with Crippen LogP contribution in [-0.2, 0) is 6.54 Å². The van der Waals surface area contributed by atoms with Gasteiger partial charge in [0.2, 0.25) is 0 Å². The number of hydrogen-bond donors (Lipinski definition) is 0. The van der Waals surface area contributed by atoms with Crippen molar-refractivity contribution in [2.45, 2.75) is 27.3 Å². The molecular formula is C21H27N3. The Balaban J connectivity index is 1.52. The fraction of sp³-hybridized carbons (Fsp3) is 0.381. The van der Waals surface area contributed by atoms with E-state index in [0.717, 1.165) is 32.7 Å². The van der Waals surface area contributed by atoms with Gasteiger partial charge in [-0.3, -0.25) is 9.91 Å². The van der Waals surface area contributed by atoms with E-state index in [1.54, 1.807) is 0 Å². The molecule has 1 saturated heterocycles. The van der Waals surface area contributed by atoms with Crippen molar-refractivity contribution in [2.24, 2.45) is 5.10 Å². The van der Waals surface area contributed by atoms with Crippen molar-refractivity contribution >= 4 is 6.21 Å². The molecule has 1 heterocycles. The summed E-state index contributed by atoms with van der Waals surface area (Å²) in [5.41, 5.74) is 6.63. The monoisotopic (exact) mass is 321 g/mol. The second kappa shape index (κ2) is 7.63. The molecule has 0 bridgehead atoms. The van der Waals surface area contributed by atoms with E-state index in [4.69, 9.17) is 0 Å². The number of piperazine rings is 1. The Hall–Kier alpha value is -2.13. The summed E-state index contributed by atoms with van der Waals surface area (Å²) < 4.78 is 0. The molecule has 0 aliphatic carbocycles. The summed E-state index contributed by atoms with van der Waals surface area (Å²) in [6, 6.07) is 15.2. The zero-order chi connectivity index (χ0) is 16.9. The minimum Gasteiger partial charge on any atom is -0.295 e. The Morgan fingerprint density at radius 3 is 2.38 bits per heavy atom. The molecule has 3 rings (SSSR count). The highest BCUT2D eigenvalue weighted by atomic mass is 15.5. The van der Waals surface area contributed by atoms with Crippen molar-refractivity contribution in [3.63, 3.8) is 0 Å². The SMILES string of the molecule is Cc1cccc(/C=N\N2CCN(Cc3ccc(C)cc3C)CC2)c1. The van der Waals surface area contributed by atoms with Crippen LogP contribution in [0, 0.1) is 20.8 Å². The number of hydrogen-bond acceptors (Lipinski definition) is 3. The molecule has 1 aliphatic heterocycles. The third kappa shape index (κ3) is 4.45. The number of nitrogens with zero attached hydrogens (tertiary/aromatic N) is 3. The smallest absolute Gasteiger partial charge is 0.0543 e. The maximum absolute atomic E-state index is 4.65. The maximum Gasteiger partial charge on any atom is 0.0543 e. The van der Waals surface area contributed by atoms with Gasteiger partial charge in [0.25, 0.3) is 0 Å². The number of rotatable bonds is 4. The van der Waals surface area contributed by atoms with Crippen LogP contribution >= 0.6 is 0 Å². The minimum absolute atomic E-state index is 0.993. The Morgan fingerprint density at radius 1 is 0.917 bits per heavy atom. The van der Waals surface area contributed by atoms with Crippen molar-refractivity contribution in [3.8, 4) is 0 Å². The van der Waals surface area contributed by atoms with Crippen LogP contribution in [0.2, 0.25) is 0 Å². The highest BCUT2D eigenvalue weighted by Gasteiger charge is 2.16. The van der Waals surface area contributed by atoms with Crippen LogP contribution in [0.1, 0.15) is 27.8 Å². The quantitative estimate of drug-likeness (QED) is 0.799. The minimum atomic E-state index is 0.993. The van der Waals surface area contributed by atoms with Gasteiger partial charge in [-0.05, 0) is 37.5 Å². The van der Waals surface area contributed by atoms with Gasteiger partial charge in [-0.1, -0.05) is 53.6 Å². The molecule has 1 aliphatic rings. The van der Waals surface area contributed by atoms with E-state index in [1.165, 1.54) is 27.8 Å². The summed E-state index contributed by atoms with van der Waals surface area (Å²) in [5, 5.41) is 6.83. The molecule has 0 amide bonds. The third-order valence-electron chi connectivity index (χ3n) is 4.65. The van der Waals surface area contributed by atoms with Crippen molar-refractivity contribution in [1.29, 1.82) is 0 Å². The van der Waals surface area contributed by atoms with Gasteiger partial charge >= 0.3 is 0 Å². The van der Waals surface area contributed by atoms with Gasteiger partial charge < -0.3 is 0 Å². The van der Waals surface area contributed by atoms with Crippen LogP contribution in [0.5, 0.6) is 0 Å². The lowest BCUT2D eigenvalue weighted by Crippen LogP contribution is -2.43. The summed E-state index contributed by atoms with van der Waals surface area (Å²) in [6.07, 6.45) is 1.98. The molecule has 0 N–H and O–H groups in total. The predicted octanol–water partition coefficient (Wildman–Crippen LogP) is 3.76. The second-order valence-electron chi connectivity index (χ2n) is 6.82. The number of benzene rings is 2. The molecule has 24 heavy (non-hydrogen) atoms. The molecule has 0 aromatic heterocycles. The fourth-order valence-electron chi connectivity index (χ4n) is 3.17. The standard InChI is InChI=1S/C21H27N3/c1-17-5-4-6-20(14-17)15-22-24-11-9-23(10-12-24)16-21-8-7-18(2)13-19(21)3/h4-8,13-15H,9-12,16H2,1-3H3/b22-15-. The first kappa shape index (κ1) is 16.7. The van der Waals surface area contributed by atoms with Gasteiger partial charge in [0.1, 0.15) is 0 Å². The van der Waals surface area contributed by atoms with E-state index in [-0.39, 0.29) is 0 Å². The Labute approximate surface area is 145 Å². The maximum atomic E-state index is 4.65. The summed E-state index contributed by atoms with van der Waals surface area (Å²) >= 11 is 0. The molecular weight excluding hydrogens is 294 g/mol. The van der Waals surface area contributed by atoms with E-state index in [1.807, 2.05) is 6.21 Å². The molecule has 0 saturated carbocycles. The molecule has 0 radical (unpaired) electrons. The van der Waals surface area contributed by atoms with Crippen LogP contribution in [0.3, 0.4) is 0 Å². The molecule has 2 aromatic carbocycles. The third-order valence-corrected chi connectivity index (χ3v) is 4.65. The normalized spacial score (nSPS) is 16.0. The molecule has 3 nitrogen and oxygen atoms in total. The first-order valence-electron chi connectivity index (χ1n) is 8.74. The Kier molecular flexibility index (Phi) is 5.31. The first-order valence-corrected chi connectivity index (χ1v) is 8.74. The lowest BCUT2D eigenvalue weighted by Gasteiger charge is -2.33. The van der Waals surface area contributed by atoms with Gasteiger partial charge in [-0.25, -0.2) is 0 Å². The number of hydrazone groups is 1. The predicted molar refractivity (Wildman–Crippen MR) is 102 cm³/mol. The molecule has 1 fully saturated rings. The van der Waals surface area contributed by atoms with Crippen molar-refractivity contribution in [2.75, 3.05) is 26.2 Å². The van der Waals surface area contributed by atoms with Crippen LogP contribution in [-0.4, -0.2) is 42.3 Å². The molecule has 126 valence electrons. The lowest BCUT2D eigenvalue weighted by atomic mass is 10.1. The molecule has 0 unspecified atom stereocenters. The van der Waals surface area contributed by atoms with Crippen LogP contribution < -0.4 is 0 Å². The van der Waals surface area contributed by atoms with Gasteiger partial charge in [0.05, 0.1) is 6.21 Å². The highest BCUT2D eigenvalue weighted by molar-refractivity contribution is 5.79. The average Bonchev–Trinajstić information content (AvgIpc) is 2.57. The van der Waals surface area contributed by atoms with Gasteiger partial charge in [0.15, 0.2) is 0 Å². The van der Waals surface area contributed by atoms with Crippen LogP contribution in [0.4, 0.5) is 0 Å². The highest BCUT2D eigenvalue weighted by Crippen LogP contribution is 2.14. The lowest BCUT2D eigenvalue weighted by molar-refractivity contribution is 0.131. The van der Waals surface area contributed by atoms with Crippen LogP contribution in [0.15, 0.2) is 47.6 Å². The average molecular weight is 321 g/mol. The summed E-state index contributed by atoms with van der Waals surface area (Å²) in [6.45, 7) is 11.6.